The molecule has 8 rings (SSSR count). The van der Waals surface area contributed by atoms with Crippen LogP contribution in [0.3, 0.4) is 0 Å². The number of rotatable bonds is 10. The van der Waals surface area contributed by atoms with Crippen LogP contribution in [0, 0.1) is 0 Å². The maximum absolute atomic E-state index is 6.19. The number of benzene rings is 4. The molecule has 49 heavy (non-hydrogen) atoms. The van der Waals surface area contributed by atoms with E-state index >= 15 is 0 Å². The van der Waals surface area contributed by atoms with Crippen molar-refractivity contribution in [3.63, 3.8) is 0 Å². The Balaban J connectivity index is 0.925. The van der Waals surface area contributed by atoms with Gasteiger partial charge in [0, 0.05) is 42.7 Å². The van der Waals surface area contributed by atoms with Crippen LogP contribution in [0.5, 0.6) is 11.5 Å². The summed E-state index contributed by atoms with van der Waals surface area (Å²) in [6, 6.07) is 33.9. The summed E-state index contributed by atoms with van der Waals surface area (Å²) in [4.78, 5) is 4.53. The number of fused-ring (bicyclic) bond motifs is 2. The van der Waals surface area contributed by atoms with Gasteiger partial charge in [0.2, 0.25) is 0 Å². The van der Waals surface area contributed by atoms with Gasteiger partial charge >= 0.3 is 0 Å². The Hall–Kier alpha value is -5.32. The second-order valence-electron chi connectivity index (χ2n) is 13.6. The Morgan fingerprint density at radius 2 is 1.02 bits per heavy atom. The highest BCUT2D eigenvalue weighted by molar-refractivity contribution is 5.48. The van der Waals surface area contributed by atoms with E-state index in [0.717, 1.165) is 36.0 Å². The fourth-order valence-electron chi connectivity index (χ4n) is 6.71. The highest BCUT2D eigenvalue weighted by Crippen LogP contribution is 2.38. The van der Waals surface area contributed by atoms with Crippen LogP contribution in [0.2, 0.25) is 0 Å². The predicted octanol–water partition coefficient (Wildman–Crippen LogP) is 6.00. The summed E-state index contributed by atoms with van der Waals surface area (Å²) >= 11 is 0. The van der Waals surface area contributed by atoms with Gasteiger partial charge in [0.05, 0.1) is 36.9 Å². The first kappa shape index (κ1) is 31.0. The highest BCUT2D eigenvalue weighted by Gasteiger charge is 2.28. The molecule has 0 amide bonds. The third kappa shape index (κ3) is 6.97. The first-order valence-corrected chi connectivity index (χ1v) is 16.8. The maximum Gasteiger partial charge on any atom is 0.142 e. The van der Waals surface area contributed by atoms with E-state index < -0.39 is 0 Å². The van der Waals surface area contributed by atoms with Gasteiger partial charge in [0.25, 0.3) is 0 Å². The molecule has 0 saturated carbocycles. The third-order valence-corrected chi connectivity index (χ3v) is 9.48. The van der Waals surface area contributed by atoms with E-state index in [9.17, 15) is 0 Å². The Bertz CT molecular complexity index is 1890. The zero-order valence-electron chi connectivity index (χ0n) is 27.9. The minimum Gasteiger partial charge on any atom is -0.478 e. The lowest BCUT2D eigenvalue weighted by Gasteiger charge is -2.33. The Morgan fingerprint density at radius 1 is 0.571 bits per heavy atom. The van der Waals surface area contributed by atoms with Crippen molar-refractivity contribution in [2.75, 3.05) is 13.5 Å². The molecule has 2 aromatic heterocycles. The smallest absolute Gasteiger partial charge is 0.142 e. The van der Waals surface area contributed by atoms with E-state index in [-0.39, 0.29) is 5.41 Å². The van der Waals surface area contributed by atoms with Crippen LogP contribution in [-0.4, -0.2) is 53.2 Å². The van der Waals surface area contributed by atoms with Crippen molar-refractivity contribution in [2.24, 2.45) is 0 Å². The lowest BCUT2D eigenvalue weighted by atomic mass is 9.77. The summed E-state index contributed by atoms with van der Waals surface area (Å²) in [5, 5.41) is 17.6. The summed E-state index contributed by atoms with van der Waals surface area (Å²) in [5.41, 5.74) is 8.89. The predicted molar refractivity (Wildman–Crippen MR) is 186 cm³/mol. The molecule has 0 N–H and O–H groups in total. The molecular weight excluding hydrogens is 612 g/mol. The quantitative estimate of drug-likeness (QED) is 0.178. The van der Waals surface area contributed by atoms with Crippen molar-refractivity contribution >= 4 is 0 Å². The highest BCUT2D eigenvalue weighted by atomic mass is 16.5. The van der Waals surface area contributed by atoms with Crippen LogP contribution >= 0.6 is 0 Å². The largest absolute Gasteiger partial charge is 0.478 e. The Morgan fingerprint density at radius 3 is 1.47 bits per heavy atom. The van der Waals surface area contributed by atoms with Crippen LogP contribution in [0.4, 0.5) is 0 Å². The van der Waals surface area contributed by atoms with Crippen LogP contribution in [-0.2, 0) is 44.7 Å². The third-order valence-electron chi connectivity index (χ3n) is 9.48. The summed E-state index contributed by atoms with van der Waals surface area (Å²) in [6.07, 6.45) is 4.05. The number of ether oxygens (including phenoxy) is 2. The van der Waals surface area contributed by atoms with Crippen LogP contribution in [0.1, 0.15) is 58.6 Å². The first-order chi connectivity index (χ1) is 23.9. The van der Waals surface area contributed by atoms with Crippen molar-refractivity contribution in [1.82, 2.24) is 39.8 Å². The van der Waals surface area contributed by atoms with Crippen molar-refractivity contribution in [3.05, 3.63) is 154 Å². The van der Waals surface area contributed by atoms with Crippen molar-refractivity contribution in [1.29, 1.82) is 0 Å². The molecule has 0 saturated heterocycles. The van der Waals surface area contributed by atoms with Gasteiger partial charge in [0.1, 0.15) is 25.0 Å². The van der Waals surface area contributed by atoms with Gasteiger partial charge in [-0.2, -0.15) is 0 Å². The molecule has 0 aliphatic carbocycles. The molecule has 2 aliphatic rings. The van der Waals surface area contributed by atoms with E-state index in [2.05, 4.69) is 105 Å². The molecule has 10 heteroatoms. The molecule has 0 spiro atoms. The Kier molecular flexibility index (Phi) is 8.40. The normalized spacial score (nSPS) is 14.9. The molecule has 0 bridgehead atoms. The second kappa shape index (κ2) is 13.3. The monoisotopic (exact) mass is 652 g/mol. The SMILES string of the molecule is CC(C)(c1ccc2c(c1)CN(Cc1cn(Cc3ccccc3)nn1)CO2)c1ccc2c(c1)CN(Cc1cn(Cc3ccccc3)nn1)CO2. The molecule has 0 atom stereocenters. The molecule has 6 aromatic rings. The standard InChI is InChI=1S/C39H40N8O2/c1-39(2,33-13-15-37-31(17-33)21-44(27-48-37)23-35-25-46(42-40-35)19-29-9-5-3-6-10-29)34-14-16-38-32(18-34)22-45(28-49-38)24-36-26-47(43-41-36)20-30-11-7-4-8-12-30/h3-18,25-26H,19-24,27-28H2,1-2H3. The van der Waals surface area contributed by atoms with Crippen molar-refractivity contribution in [2.45, 2.75) is 58.5 Å². The molecule has 0 unspecified atom stereocenters. The first-order valence-electron chi connectivity index (χ1n) is 16.8. The molecule has 4 heterocycles. The summed E-state index contributed by atoms with van der Waals surface area (Å²) < 4.78 is 16.2. The van der Waals surface area contributed by atoms with E-state index in [4.69, 9.17) is 9.47 Å². The summed E-state index contributed by atoms with van der Waals surface area (Å²) in [5.74, 6) is 1.89. The summed E-state index contributed by atoms with van der Waals surface area (Å²) in [7, 11) is 0. The molecule has 0 radical (unpaired) electrons. The minimum atomic E-state index is -0.227. The average Bonchev–Trinajstić information content (AvgIpc) is 3.77. The second-order valence-corrected chi connectivity index (χ2v) is 13.6. The number of aromatic nitrogens is 6. The van der Waals surface area contributed by atoms with E-state index in [1.807, 2.05) is 58.2 Å². The number of nitrogens with zero attached hydrogens (tertiary/aromatic N) is 8. The van der Waals surface area contributed by atoms with Gasteiger partial charge in [-0.25, -0.2) is 9.36 Å². The van der Waals surface area contributed by atoms with Crippen LogP contribution < -0.4 is 9.47 Å². The zero-order valence-corrected chi connectivity index (χ0v) is 27.9. The maximum atomic E-state index is 6.19. The molecule has 2 aliphatic heterocycles. The van der Waals surface area contributed by atoms with Gasteiger partial charge in [0.15, 0.2) is 0 Å². The van der Waals surface area contributed by atoms with Gasteiger partial charge in [-0.1, -0.05) is 97.1 Å². The fraction of sp³-hybridized carbons (Fsp3) is 0.282. The van der Waals surface area contributed by atoms with Crippen molar-refractivity contribution < 1.29 is 9.47 Å². The van der Waals surface area contributed by atoms with Crippen LogP contribution in [0.15, 0.2) is 109 Å². The lowest BCUT2D eigenvalue weighted by molar-refractivity contribution is 0.0873. The lowest BCUT2D eigenvalue weighted by Crippen LogP contribution is -2.32. The van der Waals surface area contributed by atoms with Gasteiger partial charge in [-0.05, 0) is 46.5 Å². The van der Waals surface area contributed by atoms with Crippen molar-refractivity contribution in [3.8, 4) is 11.5 Å². The Labute approximate surface area is 286 Å². The van der Waals surface area contributed by atoms with Gasteiger partial charge in [-0.3, -0.25) is 9.80 Å². The van der Waals surface area contributed by atoms with Gasteiger partial charge < -0.3 is 9.47 Å². The van der Waals surface area contributed by atoms with E-state index in [0.29, 0.717) is 39.6 Å². The number of hydrogen-bond acceptors (Lipinski definition) is 8. The van der Waals surface area contributed by atoms with Crippen LogP contribution in [0.25, 0.3) is 0 Å². The van der Waals surface area contributed by atoms with E-state index in [1.54, 1.807) is 0 Å². The topological polar surface area (TPSA) is 86.4 Å². The molecule has 4 aromatic carbocycles. The minimum absolute atomic E-state index is 0.227. The van der Waals surface area contributed by atoms with Gasteiger partial charge in [-0.15, -0.1) is 10.2 Å². The van der Waals surface area contributed by atoms with E-state index in [1.165, 1.54) is 33.4 Å². The molecule has 0 fully saturated rings. The molecule has 10 nitrogen and oxygen atoms in total. The summed E-state index contributed by atoms with van der Waals surface area (Å²) in [6.45, 7) is 9.94. The zero-order chi connectivity index (χ0) is 33.2. The molecular formula is C39H40N8O2. The number of hydrogen-bond donors (Lipinski definition) is 0. The fourth-order valence-corrected chi connectivity index (χ4v) is 6.71. The molecule has 248 valence electrons. The average molecular weight is 653 g/mol.